The third kappa shape index (κ3) is 4.75. The predicted octanol–water partition coefficient (Wildman–Crippen LogP) is 4.81. The fourth-order valence-corrected chi connectivity index (χ4v) is 4.87. The summed E-state index contributed by atoms with van der Waals surface area (Å²) >= 11 is 1.32. The molecule has 2 aromatic rings. The summed E-state index contributed by atoms with van der Waals surface area (Å²) in [4.78, 5) is 31.9. The van der Waals surface area contributed by atoms with E-state index in [1.165, 1.54) is 37.1 Å². The Bertz CT molecular complexity index is 1210. The number of nitrogens with one attached hydrogen (secondary N) is 1. The molecule has 0 bridgehead atoms. The number of benzene rings is 2. The molecule has 2 heterocycles. The van der Waals surface area contributed by atoms with Crippen LogP contribution in [0, 0.1) is 11.6 Å². The van der Waals surface area contributed by atoms with Gasteiger partial charge in [-0.1, -0.05) is 49.0 Å². The second-order valence-electron chi connectivity index (χ2n) is 7.70. The molecule has 1 N–H and O–H groups in total. The van der Waals surface area contributed by atoms with Crippen LogP contribution in [-0.2, 0) is 20.9 Å². The van der Waals surface area contributed by atoms with Gasteiger partial charge in [0.05, 0.1) is 30.8 Å². The van der Waals surface area contributed by atoms with Gasteiger partial charge in [0.2, 0.25) is 5.91 Å². The van der Waals surface area contributed by atoms with Gasteiger partial charge in [0.1, 0.15) is 11.6 Å². The van der Waals surface area contributed by atoms with Gasteiger partial charge in [0.15, 0.2) is 5.17 Å². The number of methoxy groups -OCH3 is 1. The summed E-state index contributed by atoms with van der Waals surface area (Å²) in [6.07, 6.45) is 0.453. The van der Waals surface area contributed by atoms with Crippen LogP contribution < -0.4 is 5.32 Å². The van der Waals surface area contributed by atoms with E-state index >= 15 is 0 Å². The van der Waals surface area contributed by atoms with Gasteiger partial charge < -0.3 is 15.0 Å². The van der Waals surface area contributed by atoms with E-state index in [-0.39, 0.29) is 30.3 Å². The normalized spacial score (nSPS) is 17.2. The highest BCUT2D eigenvalue weighted by atomic mass is 32.2. The Balaban J connectivity index is 1.62. The van der Waals surface area contributed by atoms with Crippen LogP contribution in [0.5, 0.6) is 0 Å². The first-order valence-electron chi connectivity index (χ1n) is 10.7. The minimum atomic E-state index is -0.817. The molecule has 4 rings (SSSR count). The van der Waals surface area contributed by atoms with Crippen molar-refractivity contribution in [2.24, 2.45) is 4.99 Å². The molecule has 0 unspecified atom stereocenters. The Hall–Kier alpha value is -3.46. The minimum absolute atomic E-state index is 0.00587. The number of rotatable bonds is 7. The first-order chi connectivity index (χ1) is 16.4. The van der Waals surface area contributed by atoms with E-state index in [1.807, 2.05) is 6.92 Å². The van der Waals surface area contributed by atoms with Gasteiger partial charge in [0.25, 0.3) is 0 Å². The largest absolute Gasteiger partial charge is 0.466 e. The summed E-state index contributed by atoms with van der Waals surface area (Å²) in [5.74, 6) is -1.68. The lowest BCUT2D eigenvalue weighted by molar-refractivity contribution is -0.136. The molecule has 6 nitrogen and oxygen atoms in total. The summed E-state index contributed by atoms with van der Waals surface area (Å²) in [5.41, 5.74) is 2.41. The molecule has 2 aliphatic rings. The molecule has 0 aromatic heterocycles. The maximum Gasteiger partial charge on any atom is 0.338 e. The second-order valence-corrected chi connectivity index (χ2v) is 8.54. The minimum Gasteiger partial charge on any atom is -0.466 e. The molecule has 0 saturated carbocycles. The van der Waals surface area contributed by atoms with Crippen molar-refractivity contribution in [3.63, 3.8) is 0 Å². The van der Waals surface area contributed by atoms with Crippen molar-refractivity contribution in [3.05, 3.63) is 93.7 Å². The second kappa shape index (κ2) is 10.2. The molecule has 0 fully saturated rings. The van der Waals surface area contributed by atoms with Crippen molar-refractivity contribution in [2.45, 2.75) is 32.4 Å². The molecular weight excluding hydrogens is 460 g/mol. The van der Waals surface area contributed by atoms with Crippen molar-refractivity contribution in [1.82, 2.24) is 10.2 Å². The summed E-state index contributed by atoms with van der Waals surface area (Å²) in [6, 6.07) is 11.3. The number of nitrogens with zero attached hydrogens (tertiary/aromatic N) is 2. The molecule has 0 aliphatic carbocycles. The lowest BCUT2D eigenvalue weighted by atomic mass is 9.92. The van der Waals surface area contributed by atoms with Crippen molar-refractivity contribution >= 4 is 28.8 Å². The summed E-state index contributed by atoms with van der Waals surface area (Å²) in [6.45, 7) is 2.11. The quantitative estimate of drug-likeness (QED) is 0.573. The van der Waals surface area contributed by atoms with Crippen molar-refractivity contribution in [2.75, 3.05) is 7.11 Å². The Kier molecular flexibility index (Phi) is 7.12. The molecule has 1 atom stereocenters. The number of aliphatic imine (C=N–C) groups is 1. The number of hydrogen-bond acceptors (Lipinski definition) is 6. The van der Waals surface area contributed by atoms with Gasteiger partial charge in [-0.25, -0.2) is 18.6 Å². The monoisotopic (exact) mass is 483 g/mol. The molecule has 0 spiro atoms. The van der Waals surface area contributed by atoms with Gasteiger partial charge in [-0.05, 0) is 35.6 Å². The van der Waals surface area contributed by atoms with E-state index in [4.69, 9.17) is 4.74 Å². The Labute approximate surface area is 200 Å². The van der Waals surface area contributed by atoms with Gasteiger partial charge in [-0.15, -0.1) is 0 Å². The number of hydrogen-bond donors (Lipinski definition) is 1. The third-order valence-corrected chi connectivity index (χ3v) is 6.46. The number of allylic oxidation sites excluding steroid dienone is 1. The first-order valence-corrected chi connectivity index (χ1v) is 11.6. The number of carbonyl (C=O) groups is 2. The molecule has 2 aromatic carbocycles. The van der Waals surface area contributed by atoms with E-state index in [0.29, 0.717) is 28.5 Å². The van der Waals surface area contributed by atoms with Gasteiger partial charge in [-0.3, -0.25) is 4.79 Å². The zero-order valence-corrected chi connectivity index (χ0v) is 19.5. The van der Waals surface area contributed by atoms with Crippen molar-refractivity contribution < 1.29 is 23.1 Å². The van der Waals surface area contributed by atoms with Crippen LogP contribution in [0.1, 0.15) is 36.9 Å². The molecule has 2 aliphatic heterocycles. The number of carbonyl (C=O) groups excluding carboxylic acids is 2. The van der Waals surface area contributed by atoms with Crippen LogP contribution in [0.3, 0.4) is 0 Å². The molecule has 34 heavy (non-hydrogen) atoms. The van der Waals surface area contributed by atoms with E-state index < -0.39 is 17.8 Å². The van der Waals surface area contributed by atoms with E-state index in [0.717, 1.165) is 5.56 Å². The first kappa shape index (κ1) is 23.7. The zero-order chi connectivity index (χ0) is 24.2. The molecule has 9 heteroatoms. The molecule has 1 amide bonds. The van der Waals surface area contributed by atoms with E-state index in [1.54, 1.807) is 40.6 Å². The summed E-state index contributed by atoms with van der Waals surface area (Å²) in [5, 5.41) is 5.17. The number of amides is 1. The van der Waals surface area contributed by atoms with Crippen LogP contribution in [0.2, 0.25) is 0 Å². The maximum absolute atomic E-state index is 15.0. The van der Waals surface area contributed by atoms with Crippen molar-refractivity contribution in [1.29, 1.82) is 0 Å². The molecular formula is C25H23F2N3O3S. The molecule has 0 radical (unpaired) electrons. The third-order valence-electron chi connectivity index (χ3n) is 5.57. The number of esters is 1. The van der Waals surface area contributed by atoms with Crippen LogP contribution >= 0.6 is 11.8 Å². The van der Waals surface area contributed by atoms with E-state index in [9.17, 15) is 18.4 Å². The Morgan fingerprint density at radius 3 is 2.56 bits per heavy atom. The molecule has 176 valence electrons. The van der Waals surface area contributed by atoms with Gasteiger partial charge >= 0.3 is 5.97 Å². The average Bonchev–Trinajstić information content (AvgIpc) is 3.24. The SMILES string of the molecule is CCC1=C(C(=O)OC)[C@@H](c2ccccc2F)N2C(CC(=O)NCc3ccc(F)cc3)=CSC2=N1. The van der Waals surface area contributed by atoms with Crippen LogP contribution in [0.4, 0.5) is 8.78 Å². The Morgan fingerprint density at radius 1 is 1.15 bits per heavy atom. The topological polar surface area (TPSA) is 71.0 Å². The highest BCUT2D eigenvalue weighted by Crippen LogP contribution is 2.45. The van der Waals surface area contributed by atoms with Crippen molar-refractivity contribution in [3.8, 4) is 0 Å². The van der Waals surface area contributed by atoms with Gasteiger partial charge in [0, 0.05) is 17.8 Å². The maximum atomic E-state index is 15.0. The molecule has 0 saturated heterocycles. The summed E-state index contributed by atoms with van der Waals surface area (Å²) < 4.78 is 33.1. The number of ether oxygens (including phenoxy) is 1. The van der Waals surface area contributed by atoms with Gasteiger partial charge in [-0.2, -0.15) is 0 Å². The number of amidine groups is 1. The standard InChI is InChI=1S/C25H23F2N3O3S/c1-3-20-22(24(32)33-2)23(18-6-4-5-7-19(18)27)30-17(14-34-25(30)29-20)12-21(31)28-13-15-8-10-16(26)11-9-15/h4-11,14,23H,3,12-13H2,1-2H3,(H,28,31)/t23-/m1/s1. The lowest BCUT2D eigenvalue weighted by Crippen LogP contribution is -2.38. The van der Waals surface area contributed by atoms with E-state index in [2.05, 4.69) is 10.3 Å². The predicted molar refractivity (Wildman–Crippen MR) is 126 cm³/mol. The average molecular weight is 484 g/mol. The van der Waals surface area contributed by atoms with Crippen LogP contribution in [0.25, 0.3) is 0 Å². The summed E-state index contributed by atoms with van der Waals surface area (Å²) in [7, 11) is 1.28. The number of fused-ring (bicyclic) bond motifs is 1. The van der Waals surface area contributed by atoms with Crippen LogP contribution in [0.15, 0.2) is 75.9 Å². The fraction of sp³-hybridized carbons (Fsp3) is 0.240. The highest BCUT2D eigenvalue weighted by Gasteiger charge is 2.42. The highest BCUT2D eigenvalue weighted by molar-refractivity contribution is 8.16. The van der Waals surface area contributed by atoms with Crippen LogP contribution in [-0.4, -0.2) is 29.1 Å². The smallest absolute Gasteiger partial charge is 0.338 e. The number of halogens is 2. The Morgan fingerprint density at radius 2 is 1.88 bits per heavy atom. The zero-order valence-electron chi connectivity index (χ0n) is 18.7. The number of thioether (sulfide) groups is 1. The fourth-order valence-electron chi connectivity index (χ4n) is 3.93. The lowest BCUT2D eigenvalue weighted by Gasteiger charge is -2.36.